The van der Waals surface area contributed by atoms with Crippen molar-refractivity contribution in [3.8, 4) is 0 Å². The molecular formula is C12H12ClNO4. The molecule has 0 amide bonds. The molecule has 0 unspecified atom stereocenters. The number of esters is 1. The van der Waals surface area contributed by atoms with Crippen molar-refractivity contribution in [2.24, 2.45) is 0 Å². The van der Waals surface area contributed by atoms with E-state index in [0.29, 0.717) is 16.3 Å². The summed E-state index contributed by atoms with van der Waals surface area (Å²) in [6.45, 7) is 0. The van der Waals surface area contributed by atoms with Crippen molar-refractivity contribution in [1.29, 1.82) is 0 Å². The molecule has 2 rings (SSSR count). The Bertz CT molecular complexity index is 503. The molecule has 0 aliphatic carbocycles. The Morgan fingerprint density at radius 3 is 2.83 bits per heavy atom. The monoisotopic (exact) mass is 269 g/mol. The van der Waals surface area contributed by atoms with Gasteiger partial charge in [0.05, 0.1) is 13.0 Å². The standard InChI is InChI=1S/C12H12ClNO4/c1-18-12(17)8-5-10(11(15)16)14-9-4-6(13)2-3-7(8)9/h2-4,8,10,14H,5H2,1H3,(H,15,16)/t8-,10-/m0/s1. The fourth-order valence-electron chi connectivity index (χ4n) is 2.09. The van der Waals surface area contributed by atoms with E-state index < -0.39 is 23.9 Å². The highest BCUT2D eigenvalue weighted by Gasteiger charge is 2.35. The molecular weight excluding hydrogens is 258 g/mol. The summed E-state index contributed by atoms with van der Waals surface area (Å²) in [5.41, 5.74) is 1.28. The summed E-state index contributed by atoms with van der Waals surface area (Å²) in [5.74, 6) is -2.02. The van der Waals surface area contributed by atoms with E-state index in [1.165, 1.54) is 7.11 Å². The molecule has 2 N–H and O–H groups in total. The van der Waals surface area contributed by atoms with Gasteiger partial charge in [-0.3, -0.25) is 4.79 Å². The zero-order valence-corrected chi connectivity index (χ0v) is 10.4. The first-order valence-corrected chi connectivity index (χ1v) is 5.77. The Kier molecular flexibility index (Phi) is 3.43. The summed E-state index contributed by atoms with van der Waals surface area (Å²) < 4.78 is 4.71. The van der Waals surface area contributed by atoms with Crippen LogP contribution in [0.5, 0.6) is 0 Å². The number of anilines is 1. The SMILES string of the molecule is COC(=O)[C@H]1C[C@@H](C(=O)O)Nc2cc(Cl)ccc21. The van der Waals surface area contributed by atoms with Crippen LogP contribution in [0.3, 0.4) is 0 Å². The summed E-state index contributed by atoms with van der Waals surface area (Å²) in [6.07, 6.45) is 0.163. The maximum absolute atomic E-state index is 11.7. The van der Waals surface area contributed by atoms with Gasteiger partial charge in [-0.05, 0) is 24.1 Å². The van der Waals surface area contributed by atoms with Gasteiger partial charge in [0.25, 0.3) is 0 Å². The Labute approximate surface area is 109 Å². The van der Waals surface area contributed by atoms with Gasteiger partial charge >= 0.3 is 11.9 Å². The number of hydrogen-bond acceptors (Lipinski definition) is 4. The number of methoxy groups -OCH3 is 1. The number of carboxylic acids is 1. The van der Waals surface area contributed by atoms with Crippen molar-refractivity contribution >= 4 is 29.2 Å². The molecule has 2 atom stereocenters. The fraction of sp³-hybridized carbons (Fsp3) is 0.333. The summed E-state index contributed by atoms with van der Waals surface area (Å²) in [4.78, 5) is 22.8. The van der Waals surface area contributed by atoms with Gasteiger partial charge in [0, 0.05) is 10.7 Å². The lowest BCUT2D eigenvalue weighted by Crippen LogP contribution is -2.37. The molecule has 1 aromatic carbocycles. The number of ether oxygens (including phenoxy) is 1. The fourth-order valence-corrected chi connectivity index (χ4v) is 2.27. The number of carbonyl (C=O) groups excluding carboxylic acids is 1. The minimum atomic E-state index is -1.01. The van der Waals surface area contributed by atoms with E-state index in [1.807, 2.05) is 0 Å². The predicted molar refractivity (Wildman–Crippen MR) is 65.9 cm³/mol. The van der Waals surface area contributed by atoms with Gasteiger partial charge in [0.1, 0.15) is 6.04 Å². The summed E-state index contributed by atoms with van der Waals surface area (Å²) in [7, 11) is 1.29. The quantitative estimate of drug-likeness (QED) is 0.802. The number of nitrogens with one attached hydrogen (secondary N) is 1. The van der Waals surface area contributed by atoms with Crippen LogP contribution in [0.4, 0.5) is 5.69 Å². The van der Waals surface area contributed by atoms with Gasteiger partial charge in [0.15, 0.2) is 0 Å². The Balaban J connectivity index is 2.43. The van der Waals surface area contributed by atoms with Gasteiger partial charge in [-0.2, -0.15) is 0 Å². The first-order chi connectivity index (χ1) is 8.52. The van der Waals surface area contributed by atoms with Crippen molar-refractivity contribution in [1.82, 2.24) is 0 Å². The lowest BCUT2D eigenvalue weighted by Gasteiger charge is -2.29. The Morgan fingerprint density at radius 2 is 2.22 bits per heavy atom. The van der Waals surface area contributed by atoms with Crippen LogP contribution in [0.25, 0.3) is 0 Å². The van der Waals surface area contributed by atoms with E-state index in [4.69, 9.17) is 21.4 Å². The second-order valence-corrected chi connectivity index (χ2v) is 4.51. The molecule has 0 saturated carbocycles. The third-order valence-electron chi connectivity index (χ3n) is 2.98. The number of hydrogen-bond donors (Lipinski definition) is 2. The van der Waals surface area contributed by atoms with Crippen LogP contribution in [-0.2, 0) is 14.3 Å². The van der Waals surface area contributed by atoms with Crippen LogP contribution >= 0.6 is 11.6 Å². The van der Waals surface area contributed by atoms with Crippen LogP contribution in [0, 0.1) is 0 Å². The number of aliphatic carboxylic acids is 1. The van der Waals surface area contributed by atoms with Crippen molar-refractivity contribution in [2.75, 3.05) is 12.4 Å². The highest BCUT2D eigenvalue weighted by molar-refractivity contribution is 6.30. The van der Waals surface area contributed by atoms with E-state index in [-0.39, 0.29) is 6.42 Å². The molecule has 0 bridgehead atoms. The van der Waals surface area contributed by atoms with Gasteiger partial charge in [0.2, 0.25) is 0 Å². The minimum Gasteiger partial charge on any atom is -0.480 e. The molecule has 0 spiro atoms. The molecule has 1 heterocycles. The first kappa shape index (κ1) is 12.7. The van der Waals surface area contributed by atoms with Crippen molar-refractivity contribution in [3.63, 3.8) is 0 Å². The summed E-state index contributed by atoms with van der Waals surface area (Å²) in [5, 5.41) is 12.4. The molecule has 1 aliphatic heterocycles. The van der Waals surface area contributed by atoms with Crippen molar-refractivity contribution in [2.45, 2.75) is 18.4 Å². The lowest BCUT2D eigenvalue weighted by molar-refractivity contribution is -0.143. The topological polar surface area (TPSA) is 75.6 Å². The van der Waals surface area contributed by atoms with Crippen LogP contribution in [0.2, 0.25) is 5.02 Å². The maximum Gasteiger partial charge on any atom is 0.326 e. The van der Waals surface area contributed by atoms with Gasteiger partial charge in [-0.15, -0.1) is 0 Å². The smallest absolute Gasteiger partial charge is 0.326 e. The third-order valence-corrected chi connectivity index (χ3v) is 3.21. The molecule has 0 saturated heterocycles. The highest BCUT2D eigenvalue weighted by Crippen LogP contribution is 2.36. The van der Waals surface area contributed by atoms with E-state index in [1.54, 1.807) is 18.2 Å². The average molecular weight is 270 g/mol. The van der Waals surface area contributed by atoms with Gasteiger partial charge < -0.3 is 15.2 Å². The van der Waals surface area contributed by atoms with Crippen LogP contribution in [-0.4, -0.2) is 30.2 Å². The first-order valence-electron chi connectivity index (χ1n) is 5.39. The maximum atomic E-state index is 11.7. The molecule has 0 aromatic heterocycles. The van der Waals surface area contributed by atoms with E-state index in [9.17, 15) is 9.59 Å². The number of carbonyl (C=O) groups is 2. The largest absolute Gasteiger partial charge is 0.480 e. The number of halogens is 1. The normalized spacial score (nSPS) is 21.7. The average Bonchev–Trinajstić information content (AvgIpc) is 2.35. The highest BCUT2D eigenvalue weighted by atomic mass is 35.5. The molecule has 1 aliphatic rings. The van der Waals surface area contributed by atoms with Crippen LogP contribution in [0.1, 0.15) is 17.9 Å². The second-order valence-electron chi connectivity index (χ2n) is 4.08. The second kappa shape index (κ2) is 4.86. The Morgan fingerprint density at radius 1 is 1.50 bits per heavy atom. The van der Waals surface area contributed by atoms with E-state index in [0.717, 1.165) is 0 Å². The molecule has 6 heteroatoms. The predicted octanol–water partition coefficient (Wildman–Crippen LogP) is 1.87. The number of carboxylic acid groups (broad SMARTS) is 1. The molecule has 0 fully saturated rings. The molecule has 96 valence electrons. The number of fused-ring (bicyclic) bond motifs is 1. The van der Waals surface area contributed by atoms with Crippen molar-refractivity contribution < 1.29 is 19.4 Å². The Hall–Kier alpha value is -1.75. The van der Waals surface area contributed by atoms with E-state index in [2.05, 4.69) is 5.32 Å². The van der Waals surface area contributed by atoms with Gasteiger partial charge in [-0.1, -0.05) is 17.7 Å². The molecule has 1 aromatic rings. The number of benzene rings is 1. The molecule has 5 nitrogen and oxygen atoms in total. The van der Waals surface area contributed by atoms with E-state index >= 15 is 0 Å². The van der Waals surface area contributed by atoms with Crippen LogP contribution < -0.4 is 5.32 Å². The zero-order valence-electron chi connectivity index (χ0n) is 9.64. The van der Waals surface area contributed by atoms with Crippen molar-refractivity contribution in [3.05, 3.63) is 28.8 Å². The zero-order chi connectivity index (χ0) is 13.3. The minimum absolute atomic E-state index is 0.163. The van der Waals surface area contributed by atoms with Crippen LogP contribution in [0.15, 0.2) is 18.2 Å². The third kappa shape index (κ3) is 2.26. The lowest BCUT2D eigenvalue weighted by atomic mass is 9.87. The molecule has 0 radical (unpaired) electrons. The number of rotatable bonds is 2. The van der Waals surface area contributed by atoms with Gasteiger partial charge in [-0.25, -0.2) is 4.79 Å². The summed E-state index contributed by atoms with van der Waals surface area (Å²) in [6, 6.07) is 4.17. The molecule has 18 heavy (non-hydrogen) atoms. The summed E-state index contributed by atoms with van der Waals surface area (Å²) >= 11 is 5.86.